The van der Waals surface area contributed by atoms with Crippen molar-refractivity contribution in [3.05, 3.63) is 59.7 Å². The van der Waals surface area contributed by atoms with E-state index in [9.17, 15) is 9.18 Å². The third-order valence-corrected chi connectivity index (χ3v) is 7.88. The molecule has 2 N–H and O–H groups in total. The summed E-state index contributed by atoms with van der Waals surface area (Å²) in [5, 5.41) is 6.86. The number of rotatable bonds is 8. The van der Waals surface area contributed by atoms with Crippen LogP contribution in [0.3, 0.4) is 0 Å². The number of piperidine rings is 1. The molecule has 204 valence electrons. The average molecular weight is 552 g/mol. The van der Waals surface area contributed by atoms with E-state index in [1.165, 1.54) is 37.7 Å². The van der Waals surface area contributed by atoms with Gasteiger partial charge in [-0.3, -0.25) is 9.69 Å². The molecule has 1 amide bonds. The number of likely N-dealkylation sites (tertiary alicyclic amines) is 1. The zero-order valence-electron chi connectivity index (χ0n) is 21.5. The summed E-state index contributed by atoms with van der Waals surface area (Å²) in [6.07, 6.45) is 11.7. The lowest BCUT2D eigenvalue weighted by Gasteiger charge is -2.24. The highest BCUT2D eigenvalue weighted by Gasteiger charge is 2.42. The number of hydrogen-bond acceptors (Lipinski definition) is 7. The van der Waals surface area contributed by atoms with E-state index in [-0.39, 0.29) is 29.2 Å². The molecule has 3 aliphatic rings. The van der Waals surface area contributed by atoms with Crippen LogP contribution in [0.2, 0.25) is 5.02 Å². The third kappa shape index (κ3) is 6.00. The van der Waals surface area contributed by atoms with E-state index in [0.29, 0.717) is 33.8 Å². The Balaban J connectivity index is 1.27. The molecule has 4 heterocycles. The van der Waals surface area contributed by atoms with E-state index in [1.54, 1.807) is 12.1 Å². The maximum absolute atomic E-state index is 13.7. The van der Waals surface area contributed by atoms with Crippen LogP contribution >= 0.6 is 11.6 Å². The molecule has 1 aromatic heterocycles. The molecule has 10 heteroatoms. The van der Waals surface area contributed by atoms with Gasteiger partial charge in [0.05, 0.1) is 28.4 Å². The third-order valence-electron chi connectivity index (χ3n) is 7.59. The number of halogens is 2. The maximum atomic E-state index is 13.7. The summed E-state index contributed by atoms with van der Waals surface area (Å²) in [7, 11) is 0. The number of ether oxygens (including phenoxy) is 2. The molecular formula is C29H31ClFN5O3. The number of nitrogens with zero attached hydrogens (tertiary/aromatic N) is 3. The lowest BCUT2D eigenvalue weighted by atomic mass is 9.98. The van der Waals surface area contributed by atoms with Crippen molar-refractivity contribution in [2.45, 2.75) is 56.8 Å². The van der Waals surface area contributed by atoms with Gasteiger partial charge in [0.15, 0.2) is 0 Å². The van der Waals surface area contributed by atoms with Crippen LogP contribution in [-0.2, 0) is 9.53 Å². The minimum Gasteiger partial charge on any atom is -0.485 e. The molecular weight excluding hydrogens is 521 g/mol. The molecule has 8 nitrogen and oxygen atoms in total. The lowest BCUT2D eigenvalue weighted by molar-refractivity contribution is -0.111. The summed E-state index contributed by atoms with van der Waals surface area (Å²) in [6, 6.07) is 7.99. The number of aromatic nitrogens is 2. The largest absolute Gasteiger partial charge is 0.485 e. The summed E-state index contributed by atoms with van der Waals surface area (Å²) >= 11 is 5.97. The van der Waals surface area contributed by atoms with Crippen molar-refractivity contribution in [3.8, 4) is 5.75 Å². The van der Waals surface area contributed by atoms with Crippen molar-refractivity contribution < 1.29 is 18.7 Å². The first kappa shape index (κ1) is 26.0. The normalized spacial score (nSPS) is 23.0. The van der Waals surface area contributed by atoms with E-state index >= 15 is 0 Å². The van der Waals surface area contributed by atoms with Gasteiger partial charge in [-0.25, -0.2) is 14.4 Å². The van der Waals surface area contributed by atoms with Crippen LogP contribution < -0.4 is 15.4 Å². The van der Waals surface area contributed by atoms with Gasteiger partial charge in [0.25, 0.3) is 0 Å². The first-order chi connectivity index (χ1) is 19.0. The maximum Gasteiger partial charge on any atom is 0.248 e. The van der Waals surface area contributed by atoms with Gasteiger partial charge < -0.3 is 20.1 Å². The molecule has 0 saturated carbocycles. The molecule has 3 atom stereocenters. The van der Waals surface area contributed by atoms with Crippen LogP contribution in [0.25, 0.3) is 10.9 Å². The van der Waals surface area contributed by atoms with Gasteiger partial charge >= 0.3 is 0 Å². The van der Waals surface area contributed by atoms with Crippen molar-refractivity contribution in [2.24, 2.45) is 0 Å². The highest BCUT2D eigenvalue weighted by atomic mass is 35.5. The zero-order chi connectivity index (χ0) is 26.8. The Morgan fingerprint density at radius 3 is 2.82 bits per heavy atom. The first-order valence-corrected chi connectivity index (χ1v) is 13.9. The number of carbonyl (C=O) groups is 1. The highest BCUT2D eigenvalue weighted by Crippen LogP contribution is 2.40. The Kier molecular flexibility index (Phi) is 7.63. The van der Waals surface area contributed by atoms with Crippen molar-refractivity contribution in [2.75, 3.05) is 30.3 Å². The van der Waals surface area contributed by atoms with E-state index in [0.717, 1.165) is 38.9 Å². The average Bonchev–Trinajstić information content (AvgIpc) is 3.56. The first-order valence-electron chi connectivity index (χ1n) is 13.5. The Labute approximate surface area is 231 Å². The topological polar surface area (TPSA) is 88.6 Å². The molecule has 6 rings (SSSR count). The predicted octanol–water partition coefficient (Wildman–Crippen LogP) is 5.85. The number of carbonyl (C=O) groups excluding carboxylic acids is 1. The number of anilines is 3. The van der Waals surface area contributed by atoms with Crippen LogP contribution in [0.15, 0.2) is 48.8 Å². The monoisotopic (exact) mass is 551 g/mol. The van der Waals surface area contributed by atoms with Gasteiger partial charge in [-0.1, -0.05) is 24.1 Å². The van der Waals surface area contributed by atoms with Gasteiger partial charge in [0.2, 0.25) is 5.91 Å². The molecule has 3 aromatic rings. The minimum atomic E-state index is -0.500. The summed E-state index contributed by atoms with van der Waals surface area (Å²) in [5.41, 5.74) is 1.73. The molecule has 3 unspecified atom stereocenters. The summed E-state index contributed by atoms with van der Waals surface area (Å²) in [6.45, 7) is 2.88. The van der Waals surface area contributed by atoms with Crippen molar-refractivity contribution >= 4 is 45.6 Å². The molecule has 3 fully saturated rings. The van der Waals surface area contributed by atoms with E-state index in [2.05, 4.69) is 25.5 Å². The van der Waals surface area contributed by atoms with Gasteiger partial charge in [-0.05, 0) is 63.0 Å². The zero-order valence-corrected chi connectivity index (χ0v) is 22.3. The number of nitrogens with one attached hydrogen (secondary N) is 2. The van der Waals surface area contributed by atoms with E-state index in [1.807, 2.05) is 18.2 Å². The Hall–Kier alpha value is -3.27. The summed E-state index contributed by atoms with van der Waals surface area (Å²) in [4.78, 5) is 24.1. The van der Waals surface area contributed by atoms with Crippen molar-refractivity contribution in [1.82, 2.24) is 14.9 Å². The fourth-order valence-electron chi connectivity index (χ4n) is 5.59. The second-order valence-corrected chi connectivity index (χ2v) is 10.8. The van der Waals surface area contributed by atoms with Crippen molar-refractivity contribution in [3.63, 3.8) is 0 Å². The Morgan fingerprint density at radius 1 is 1.18 bits per heavy atom. The van der Waals surface area contributed by atoms with Gasteiger partial charge in [0, 0.05) is 36.2 Å². The van der Waals surface area contributed by atoms with Crippen LogP contribution in [0.1, 0.15) is 38.5 Å². The van der Waals surface area contributed by atoms with E-state index < -0.39 is 5.82 Å². The quantitative estimate of drug-likeness (QED) is 0.340. The van der Waals surface area contributed by atoms with Crippen LogP contribution in [0.5, 0.6) is 5.75 Å². The van der Waals surface area contributed by atoms with Gasteiger partial charge in [-0.15, -0.1) is 0 Å². The highest BCUT2D eigenvalue weighted by molar-refractivity contribution is 6.31. The Morgan fingerprint density at radius 2 is 2.05 bits per heavy atom. The summed E-state index contributed by atoms with van der Waals surface area (Å²) < 4.78 is 26.1. The summed E-state index contributed by atoms with van der Waals surface area (Å²) in [5.74, 6) is 0.293. The second kappa shape index (κ2) is 11.5. The molecule has 3 aliphatic heterocycles. The van der Waals surface area contributed by atoms with Crippen LogP contribution in [0, 0.1) is 5.82 Å². The molecule has 39 heavy (non-hydrogen) atoms. The lowest BCUT2D eigenvalue weighted by Crippen LogP contribution is -2.29. The molecule has 0 spiro atoms. The molecule has 2 aromatic carbocycles. The fraction of sp³-hybridized carbons (Fsp3) is 0.414. The molecule has 0 aliphatic carbocycles. The molecule has 3 saturated heterocycles. The van der Waals surface area contributed by atoms with E-state index in [4.69, 9.17) is 21.1 Å². The SMILES string of the molecule is O=C(/C=C/CN1CCCCC1)Nc1cc2c(Nc3ccc(F)c(Cl)c3)ncnc2cc1OC1CC2CCC1O2. The number of hydrogen-bond donors (Lipinski definition) is 2. The Bertz CT molecular complexity index is 1400. The van der Waals surface area contributed by atoms with Gasteiger partial charge in [-0.2, -0.15) is 0 Å². The van der Waals surface area contributed by atoms with Crippen LogP contribution in [0.4, 0.5) is 21.6 Å². The molecule has 0 radical (unpaired) electrons. The second-order valence-electron chi connectivity index (χ2n) is 10.4. The number of fused-ring (bicyclic) bond motifs is 3. The van der Waals surface area contributed by atoms with Crippen molar-refractivity contribution in [1.29, 1.82) is 0 Å². The predicted molar refractivity (Wildman–Crippen MR) is 149 cm³/mol. The fourth-order valence-corrected chi connectivity index (χ4v) is 5.77. The molecule has 2 bridgehead atoms. The number of benzene rings is 2. The number of amides is 1. The standard InChI is InChI=1S/C29H31ClFN5O3/c30-21-13-18(6-8-22(21)31)34-29-20-15-24(35-28(37)5-4-12-36-10-2-1-3-11-36)26(16-23(20)32-17-33-29)39-27-14-19-7-9-25(27)38-19/h4-6,8,13,15-17,19,25,27H,1-3,7,9-12,14H2,(H,35,37)(H,32,33,34)/b5-4+. The minimum absolute atomic E-state index is 0.00595. The van der Waals surface area contributed by atoms with Crippen LogP contribution in [-0.4, -0.2) is 58.7 Å². The van der Waals surface area contributed by atoms with Gasteiger partial charge in [0.1, 0.15) is 29.8 Å². The smallest absolute Gasteiger partial charge is 0.248 e.